The van der Waals surface area contributed by atoms with Gasteiger partial charge in [-0.3, -0.25) is 9.13 Å². The van der Waals surface area contributed by atoms with E-state index < -0.39 is 0 Å². The van der Waals surface area contributed by atoms with E-state index in [2.05, 4.69) is 30.3 Å². The molecule has 4 aromatic rings. The second-order valence-electron chi connectivity index (χ2n) is 7.08. The lowest BCUT2D eigenvalue weighted by atomic mass is 10.1. The first kappa shape index (κ1) is 15.2. The molecule has 1 saturated carbocycles. The molecular formula is C23H20N2O. The Kier molecular flexibility index (Phi) is 3.52. The van der Waals surface area contributed by atoms with Crippen LogP contribution >= 0.6 is 0 Å². The van der Waals surface area contributed by atoms with Crippen molar-refractivity contribution in [2.75, 3.05) is 0 Å². The summed E-state index contributed by atoms with van der Waals surface area (Å²) in [4.78, 5) is 13.2. The molecule has 0 aliphatic heterocycles. The molecule has 0 amide bonds. The largest absolute Gasteiger partial charge is 0.333 e. The Morgan fingerprint density at radius 2 is 1.46 bits per heavy atom. The minimum Gasteiger partial charge on any atom is -0.291 e. The maximum absolute atomic E-state index is 13.2. The lowest BCUT2D eigenvalue weighted by Gasteiger charge is -2.05. The van der Waals surface area contributed by atoms with E-state index in [1.807, 2.05) is 57.7 Å². The topological polar surface area (TPSA) is 26.9 Å². The lowest BCUT2D eigenvalue weighted by molar-refractivity contribution is 0.617. The predicted octanol–water partition coefficient (Wildman–Crippen LogP) is 4.87. The van der Waals surface area contributed by atoms with Crippen LogP contribution in [0.15, 0.2) is 83.7 Å². The van der Waals surface area contributed by atoms with Gasteiger partial charge < -0.3 is 0 Å². The molecule has 0 saturated heterocycles. The van der Waals surface area contributed by atoms with Gasteiger partial charge in [0.25, 0.3) is 0 Å². The van der Waals surface area contributed by atoms with Crippen LogP contribution in [0.1, 0.15) is 12.8 Å². The zero-order valence-corrected chi connectivity index (χ0v) is 14.5. The van der Waals surface area contributed by atoms with Gasteiger partial charge in [-0.2, -0.15) is 0 Å². The van der Waals surface area contributed by atoms with Gasteiger partial charge in [0.05, 0.1) is 16.7 Å². The average molecular weight is 340 g/mol. The number of hydrogen-bond acceptors (Lipinski definition) is 1. The molecule has 0 N–H and O–H groups in total. The van der Waals surface area contributed by atoms with Crippen LogP contribution in [0, 0.1) is 5.92 Å². The Labute approximate surface area is 152 Å². The fourth-order valence-corrected chi connectivity index (χ4v) is 3.63. The van der Waals surface area contributed by atoms with Gasteiger partial charge in [-0.25, -0.2) is 4.79 Å². The summed E-state index contributed by atoms with van der Waals surface area (Å²) in [5, 5.41) is 0. The zero-order valence-electron chi connectivity index (χ0n) is 14.5. The van der Waals surface area contributed by atoms with E-state index >= 15 is 0 Å². The fraction of sp³-hybridized carbons (Fsp3) is 0.174. The summed E-state index contributed by atoms with van der Waals surface area (Å²) >= 11 is 0. The molecule has 1 aromatic heterocycles. The van der Waals surface area contributed by atoms with Gasteiger partial charge in [0.15, 0.2) is 0 Å². The van der Waals surface area contributed by atoms with Crippen molar-refractivity contribution in [2.24, 2.45) is 5.92 Å². The van der Waals surface area contributed by atoms with Crippen LogP contribution in [0.3, 0.4) is 0 Å². The van der Waals surface area contributed by atoms with E-state index in [-0.39, 0.29) is 5.69 Å². The van der Waals surface area contributed by atoms with Crippen molar-refractivity contribution in [1.29, 1.82) is 0 Å². The molecule has 128 valence electrons. The van der Waals surface area contributed by atoms with Crippen molar-refractivity contribution < 1.29 is 0 Å². The van der Waals surface area contributed by atoms with Gasteiger partial charge in [0.2, 0.25) is 0 Å². The van der Waals surface area contributed by atoms with Gasteiger partial charge in [-0.15, -0.1) is 0 Å². The first-order valence-electron chi connectivity index (χ1n) is 9.17. The molecule has 1 aliphatic rings. The maximum atomic E-state index is 13.2. The Bertz CT molecular complexity index is 1120. The number of fused-ring (bicyclic) bond motifs is 1. The first-order valence-corrected chi connectivity index (χ1v) is 9.17. The molecule has 3 nitrogen and oxygen atoms in total. The number of hydrogen-bond donors (Lipinski definition) is 0. The fourth-order valence-electron chi connectivity index (χ4n) is 3.63. The highest BCUT2D eigenvalue weighted by Gasteiger charge is 2.25. The summed E-state index contributed by atoms with van der Waals surface area (Å²) in [5.41, 5.74) is 5.27. The van der Waals surface area contributed by atoms with Crippen molar-refractivity contribution in [3.8, 4) is 16.8 Å². The predicted molar refractivity (Wildman–Crippen MR) is 106 cm³/mol. The molecule has 0 bridgehead atoms. The zero-order chi connectivity index (χ0) is 17.5. The van der Waals surface area contributed by atoms with Gasteiger partial charge in [0, 0.05) is 6.54 Å². The minimum atomic E-state index is 0.0586. The molecule has 1 heterocycles. The molecular weight excluding hydrogens is 320 g/mol. The quantitative estimate of drug-likeness (QED) is 0.521. The third-order valence-corrected chi connectivity index (χ3v) is 5.19. The highest BCUT2D eigenvalue weighted by molar-refractivity contribution is 5.84. The minimum absolute atomic E-state index is 0.0586. The lowest BCUT2D eigenvalue weighted by Crippen LogP contribution is -2.23. The Hall–Kier alpha value is -3.07. The Balaban J connectivity index is 1.77. The van der Waals surface area contributed by atoms with Crippen LogP contribution in [-0.4, -0.2) is 9.13 Å². The van der Waals surface area contributed by atoms with Crippen molar-refractivity contribution >= 4 is 11.0 Å². The van der Waals surface area contributed by atoms with Crippen molar-refractivity contribution in [3.63, 3.8) is 0 Å². The smallest absolute Gasteiger partial charge is 0.291 e. The van der Waals surface area contributed by atoms with Crippen LogP contribution in [0.5, 0.6) is 0 Å². The van der Waals surface area contributed by atoms with E-state index in [0.717, 1.165) is 34.4 Å². The van der Waals surface area contributed by atoms with Gasteiger partial charge >= 0.3 is 5.69 Å². The van der Waals surface area contributed by atoms with Crippen molar-refractivity contribution in [1.82, 2.24) is 9.13 Å². The van der Waals surface area contributed by atoms with E-state index in [1.165, 1.54) is 12.8 Å². The molecule has 26 heavy (non-hydrogen) atoms. The first-order chi connectivity index (χ1) is 12.8. The number of para-hydroxylation sites is 1. The number of imidazole rings is 1. The van der Waals surface area contributed by atoms with Crippen LogP contribution < -0.4 is 5.69 Å². The van der Waals surface area contributed by atoms with E-state index in [9.17, 15) is 4.79 Å². The molecule has 0 atom stereocenters. The second-order valence-corrected chi connectivity index (χ2v) is 7.08. The van der Waals surface area contributed by atoms with Crippen LogP contribution in [0.25, 0.3) is 27.8 Å². The van der Waals surface area contributed by atoms with Gasteiger partial charge in [-0.1, -0.05) is 54.6 Å². The molecule has 1 aliphatic carbocycles. The third-order valence-electron chi connectivity index (χ3n) is 5.19. The standard InChI is InChI=1S/C23H20N2O/c26-23-24(16-17-11-12-17)21-14-13-19(18-7-3-1-4-8-18)15-22(21)25(23)20-9-5-2-6-10-20/h1-10,13-15,17H,11-12,16H2. The second kappa shape index (κ2) is 6.03. The number of nitrogens with zero attached hydrogens (tertiary/aromatic N) is 2. The summed E-state index contributed by atoms with van der Waals surface area (Å²) in [6.45, 7) is 0.819. The molecule has 0 unspecified atom stereocenters. The van der Waals surface area contributed by atoms with E-state index in [4.69, 9.17) is 0 Å². The van der Waals surface area contributed by atoms with Crippen LogP contribution in [-0.2, 0) is 6.54 Å². The average Bonchev–Trinajstić information content (AvgIpc) is 3.47. The highest BCUT2D eigenvalue weighted by atomic mass is 16.1. The number of benzene rings is 3. The van der Waals surface area contributed by atoms with Crippen molar-refractivity contribution in [3.05, 3.63) is 89.3 Å². The summed E-state index contributed by atoms with van der Waals surface area (Å²) in [6.07, 6.45) is 2.46. The SMILES string of the molecule is O=c1n(CC2CC2)c2ccc(-c3ccccc3)cc2n1-c1ccccc1. The van der Waals surface area contributed by atoms with Gasteiger partial charge in [-0.05, 0) is 54.2 Å². The monoisotopic (exact) mass is 340 g/mol. The maximum Gasteiger partial charge on any atom is 0.333 e. The summed E-state index contributed by atoms with van der Waals surface area (Å²) in [5.74, 6) is 0.649. The molecule has 1 fully saturated rings. The molecule has 5 rings (SSSR count). The molecule has 0 spiro atoms. The normalized spacial score (nSPS) is 14.0. The molecule has 3 aromatic carbocycles. The van der Waals surface area contributed by atoms with E-state index in [1.54, 1.807) is 0 Å². The molecule has 3 heteroatoms. The van der Waals surface area contributed by atoms with E-state index in [0.29, 0.717) is 5.92 Å². The summed E-state index contributed by atoms with van der Waals surface area (Å²) < 4.78 is 3.80. The Morgan fingerprint density at radius 3 is 2.15 bits per heavy atom. The number of aromatic nitrogens is 2. The highest BCUT2D eigenvalue weighted by Crippen LogP contribution is 2.32. The number of rotatable bonds is 4. The van der Waals surface area contributed by atoms with Gasteiger partial charge in [0.1, 0.15) is 0 Å². The Morgan fingerprint density at radius 1 is 0.769 bits per heavy atom. The van der Waals surface area contributed by atoms with Crippen molar-refractivity contribution in [2.45, 2.75) is 19.4 Å². The van der Waals surface area contributed by atoms with Crippen LogP contribution in [0.4, 0.5) is 0 Å². The summed E-state index contributed by atoms with van der Waals surface area (Å²) in [6, 6.07) is 26.6. The molecule has 0 radical (unpaired) electrons. The van der Waals surface area contributed by atoms with Crippen LogP contribution in [0.2, 0.25) is 0 Å². The summed E-state index contributed by atoms with van der Waals surface area (Å²) in [7, 11) is 0. The third kappa shape index (κ3) is 2.57.